The first-order chi connectivity index (χ1) is 8.75. The number of nitrogens with one attached hydrogen (secondary N) is 1. The van der Waals surface area contributed by atoms with Crippen molar-refractivity contribution in [1.82, 2.24) is 10.4 Å². The largest absolute Gasteiger partial charge is 0.323 e. The average molecular weight is 266 g/mol. The Morgan fingerprint density at radius 3 is 2.83 bits per heavy atom. The van der Waals surface area contributed by atoms with Gasteiger partial charge in [-0.15, -0.1) is 11.8 Å². The third-order valence-corrected chi connectivity index (χ3v) is 3.37. The Morgan fingerprint density at radius 1 is 1.39 bits per heavy atom. The highest BCUT2D eigenvalue weighted by Gasteiger charge is 2.22. The molecular weight excluding hydrogens is 252 g/mol. The van der Waals surface area contributed by atoms with Crippen LogP contribution in [0.5, 0.6) is 0 Å². The Labute approximate surface area is 109 Å². The molecule has 0 unspecified atom stereocenters. The number of thioether (sulfide) groups is 1. The zero-order chi connectivity index (χ0) is 12.8. The fraction of sp³-hybridized carbons (Fsp3) is 0.333. The molecule has 1 N–H and O–H groups in total. The van der Waals surface area contributed by atoms with E-state index in [2.05, 4.69) is 5.48 Å². The first kappa shape index (κ1) is 12.9. The predicted octanol–water partition coefficient (Wildman–Crippen LogP) is 0.767. The van der Waals surface area contributed by atoms with Crippen molar-refractivity contribution in [2.45, 2.75) is 6.61 Å². The van der Waals surface area contributed by atoms with Crippen molar-refractivity contribution in [3.05, 3.63) is 35.9 Å². The number of carbonyl (C=O) groups is 2. The summed E-state index contributed by atoms with van der Waals surface area (Å²) in [7, 11) is 0. The van der Waals surface area contributed by atoms with Crippen molar-refractivity contribution in [3.8, 4) is 0 Å². The van der Waals surface area contributed by atoms with Gasteiger partial charge in [-0.1, -0.05) is 30.3 Å². The van der Waals surface area contributed by atoms with Crippen LogP contribution in [0.4, 0.5) is 0 Å². The minimum Gasteiger partial charge on any atom is -0.323 e. The van der Waals surface area contributed by atoms with Gasteiger partial charge in [-0.2, -0.15) is 0 Å². The number of amides is 2. The molecule has 1 aromatic carbocycles. The number of hydroxylamine groups is 1. The Hall–Kier alpha value is -1.53. The van der Waals surface area contributed by atoms with Gasteiger partial charge in [-0.05, 0) is 5.56 Å². The van der Waals surface area contributed by atoms with Gasteiger partial charge >= 0.3 is 0 Å². The van der Waals surface area contributed by atoms with E-state index in [-0.39, 0.29) is 18.4 Å². The van der Waals surface area contributed by atoms with E-state index in [0.29, 0.717) is 18.2 Å². The number of hydrogen-bond donors (Lipinski definition) is 1. The lowest BCUT2D eigenvalue weighted by molar-refractivity contribution is -0.140. The second-order valence-corrected chi connectivity index (χ2v) is 4.82. The smallest absolute Gasteiger partial charge is 0.263 e. The van der Waals surface area contributed by atoms with Gasteiger partial charge in [0.25, 0.3) is 5.91 Å². The lowest BCUT2D eigenvalue weighted by Gasteiger charge is -2.13. The molecule has 18 heavy (non-hydrogen) atoms. The Kier molecular flexibility index (Phi) is 4.60. The van der Waals surface area contributed by atoms with Crippen molar-refractivity contribution in [3.63, 3.8) is 0 Å². The maximum absolute atomic E-state index is 11.5. The molecule has 1 fully saturated rings. The van der Waals surface area contributed by atoms with Gasteiger partial charge in [0.15, 0.2) is 0 Å². The third-order valence-electron chi connectivity index (χ3n) is 2.43. The topological polar surface area (TPSA) is 58.6 Å². The minimum atomic E-state index is -0.304. The molecule has 1 aliphatic rings. The fourth-order valence-corrected chi connectivity index (χ4v) is 2.42. The standard InChI is InChI=1S/C12H14N2O3S/c15-11(6-14-9-18-8-12(14)16)13-17-7-10-4-2-1-3-5-10/h1-5H,6-9H2,(H,13,15). The Bertz CT molecular complexity index is 425. The first-order valence-electron chi connectivity index (χ1n) is 5.56. The van der Waals surface area contributed by atoms with E-state index in [1.165, 1.54) is 16.7 Å². The lowest BCUT2D eigenvalue weighted by atomic mass is 10.2. The molecule has 0 atom stereocenters. The molecule has 2 amide bonds. The highest BCUT2D eigenvalue weighted by atomic mass is 32.2. The normalized spacial score (nSPS) is 14.9. The van der Waals surface area contributed by atoms with Crippen LogP contribution in [0.15, 0.2) is 30.3 Å². The van der Waals surface area contributed by atoms with Crippen LogP contribution < -0.4 is 5.48 Å². The van der Waals surface area contributed by atoms with Crippen LogP contribution in [0.25, 0.3) is 0 Å². The summed E-state index contributed by atoms with van der Waals surface area (Å²) in [6, 6.07) is 9.54. The van der Waals surface area contributed by atoms with Gasteiger partial charge in [0, 0.05) is 0 Å². The number of carbonyl (C=O) groups excluding carboxylic acids is 2. The second-order valence-electron chi connectivity index (χ2n) is 3.87. The monoisotopic (exact) mass is 266 g/mol. The molecule has 1 aromatic rings. The molecule has 0 radical (unpaired) electrons. The summed E-state index contributed by atoms with van der Waals surface area (Å²) < 4.78 is 0. The Balaban J connectivity index is 1.67. The van der Waals surface area contributed by atoms with Gasteiger partial charge in [0.2, 0.25) is 5.91 Å². The zero-order valence-electron chi connectivity index (χ0n) is 9.80. The average Bonchev–Trinajstić information content (AvgIpc) is 2.76. The van der Waals surface area contributed by atoms with Crippen LogP contribution >= 0.6 is 11.8 Å². The molecule has 1 aliphatic heterocycles. The summed E-state index contributed by atoms with van der Waals surface area (Å²) in [5, 5.41) is 0. The molecule has 1 heterocycles. The van der Waals surface area contributed by atoms with Gasteiger partial charge in [-0.3, -0.25) is 14.4 Å². The molecule has 0 aliphatic carbocycles. The maximum Gasteiger partial charge on any atom is 0.263 e. The third kappa shape index (κ3) is 3.75. The van der Waals surface area contributed by atoms with E-state index in [4.69, 9.17) is 4.84 Å². The van der Waals surface area contributed by atoms with Crippen LogP contribution in [-0.2, 0) is 21.0 Å². The molecule has 0 bridgehead atoms. The zero-order valence-corrected chi connectivity index (χ0v) is 10.6. The van der Waals surface area contributed by atoms with E-state index in [0.717, 1.165) is 5.56 Å². The van der Waals surface area contributed by atoms with Crippen LogP contribution in [-0.4, -0.2) is 34.9 Å². The van der Waals surface area contributed by atoms with Crippen molar-refractivity contribution < 1.29 is 14.4 Å². The summed E-state index contributed by atoms with van der Waals surface area (Å²) in [4.78, 5) is 29.4. The van der Waals surface area contributed by atoms with Crippen LogP contribution in [0.2, 0.25) is 0 Å². The van der Waals surface area contributed by atoms with Crippen LogP contribution in [0.3, 0.4) is 0 Å². The molecule has 1 saturated heterocycles. The number of benzene rings is 1. The molecule has 96 valence electrons. The summed E-state index contributed by atoms with van der Waals surface area (Å²) in [6.45, 7) is 0.371. The summed E-state index contributed by atoms with van der Waals surface area (Å²) >= 11 is 1.51. The Morgan fingerprint density at radius 2 is 2.17 bits per heavy atom. The predicted molar refractivity (Wildman–Crippen MR) is 68.4 cm³/mol. The van der Waals surface area contributed by atoms with E-state index in [1.807, 2.05) is 30.3 Å². The highest BCUT2D eigenvalue weighted by molar-refractivity contribution is 8.00. The molecule has 0 aromatic heterocycles. The SMILES string of the molecule is O=C(CN1CSCC1=O)NOCc1ccccc1. The fourth-order valence-electron chi connectivity index (χ4n) is 1.52. The van der Waals surface area contributed by atoms with Crippen molar-refractivity contribution in [1.29, 1.82) is 0 Å². The summed E-state index contributed by atoms with van der Waals surface area (Å²) in [5.74, 6) is 0.725. The van der Waals surface area contributed by atoms with Crippen molar-refractivity contribution in [2.75, 3.05) is 18.2 Å². The van der Waals surface area contributed by atoms with E-state index >= 15 is 0 Å². The van der Waals surface area contributed by atoms with Crippen molar-refractivity contribution in [2.24, 2.45) is 0 Å². The lowest BCUT2D eigenvalue weighted by Crippen LogP contribution is -2.38. The van der Waals surface area contributed by atoms with Gasteiger partial charge in [0.05, 0.1) is 18.2 Å². The molecular formula is C12H14N2O3S. The molecule has 6 heteroatoms. The van der Waals surface area contributed by atoms with Gasteiger partial charge in [-0.25, -0.2) is 5.48 Å². The number of rotatable bonds is 5. The van der Waals surface area contributed by atoms with Crippen LogP contribution in [0.1, 0.15) is 5.56 Å². The first-order valence-corrected chi connectivity index (χ1v) is 6.71. The van der Waals surface area contributed by atoms with Crippen molar-refractivity contribution >= 4 is 23.6 Å². The number of hydrogen-bond acceptors (Lipinski definition) is 4. The van der Waals surface area contributed by atoms with E-state index in [9.17, 15) is 9.59 Å². The number of nitrogens with zero attached hydrogens (tertiary/aromatic N) is 1. The summed E-state index contributed by atoms with van der Waals surface area (Å²) in [5.41, 5.74) is 3.31. The summed E-state index contributed by atoms with van der Waals surface area (Å²) in [6.07, 6.45) is 0. The molecule has 0 spiro atoms. The quantitative estimate of drug-likeness (QED) is 0.800. The molecule has 0 saturated carbocycles. The second kappa shape index (κ2) is 6.42. The maximum atomic E-state index is 11.5. The molecule has 5 nitrogen and oxygen atoms in total. The van der Waals surface area contributed by atoms with Gasteiger partial charge in [0.1, 0.15) is 6.54 Å². The van der Waals surface area contributed by atoms with Gasteiger partial charge < -0.3 is 4.90 Å². The minimum absolute atomic E-state index is 0.00166. The van der Waals surface area contributed by atoms with E-state index < -0.39 is 0 Å². The van der Waals surface area contributed by atoms with E-state index in [1.54, 1.807) is 0 Å². The molecule has 2 rings (SSSR count). The highest BCUT2D eigenvalue weighted by Crippen LogP contribution is 2.13. The van der Waals surface area contributed by atoms with Crippen LogP contribution in [0, 0.1) is 0 Å².